The number of piperidine rings is 1. The second-order valence-electron chi connectivity index (χ2n) is 4.46. The number of nitrogens with two attached hydrogens (primary N) is 1. The molecule has 3 N–H and O–H groups in total. The van der Waals surface area contributed by atoms with Crippen molar-refractivity contribution < 1.29 is 0 Å². The number of anilines is 2. The third-order valence-corrected chi connectivity index (χ3v) is 3.96. The van der Waals surface area contributed by atoms with E-state index in [1.54, 1.807) is 0 Å². The summed E-state index contributed by atoms with van der Waals surface area (Å²) in [5.41, 5.74) is 7.78. The van der Waals surface area contributed by atoms with Crippen LogP contribution in [0.3, 0.4) is 0 Å². The van der Waals surface area contributed by atoms with Crippen molar-refractivity contribution in [2.45, 2.75) is 18.9 Å². The van der Waals surface area contributed by atoms with Crippen LogP contribution in [0.2, 0.25) is 0 Å². The van der Waals surface area contributed by atoms with Crippen molar-refractivity contribution in [3.8, 4) is 0 Å². The SMILES string of the molecule is CN1CCC(Nc2ccc(N)cc2I)CC1. The van der Waals surface area contributed by atoms with E-state index >= 15 is 0 Å². The Morgan fingerprint density at radius 1 is 1.38 bits per heavy atom. The van der Waals surface area contributed by atoms with Gasteiger partial charge in [-0.15, -0.1) is 0 Å². The van der Waals surface area contributed by atoms with Crippen LogP contribution in [0.15, 0.2) is 18.2 Å². The highest BCUT2D eigenvalue weighted by Crippen LogP contribution is 2.23. The first kappa shape index (κ1) is 12.0. The Morgan fingerprint density at radius 3 is 2.69 bits per heavy atom. The summed E-state index contributed by atoms with van der Waals surface area (Å²) in [7, 11) is 2.18. The summed E-state index contributed by atoms with van der Waals surface area (Å²) >= 11 is 2.33. The highest BCUT2D eigenvalue weighted by atomic mass is 127. The topological polar surface area (TPSA) is 41.3 Å². The van der Waals surface area contributed by atoms with E-state index in [1.165, 1.54) is 35.2 Å². The molecule has 1 aromatic rings. The summed E-state index contributed by atoms with van der Waals surface area (Å²) in [6.07, 6.45) is 2.44. The number of hydrogen-bond donors (Lipinski definition) is 2. The van der Waals surface area contributed by atoms with E-state index in [4.69, 9.17) is 5.73 Å². The minimum atomic E-state index is 0.605. The van der Waals surface area contributed by atoms with Gasteiger partial charge in [0, 0.05) is 21.0 Å². The van der Waals surface area contributed by atoms with Crippen molar-refractivity contribution in [3.05, 3.63) is 21.8 Å². The van der Waals surface area contributed by atoms with E-state index in [2.05, 4.69) is 45.9 Å². The van der Waals surface area contributed by atoms with Crippen LogP contribution >= 0.6 is 22.6 Å². The van der Waals surface area contributed by atoms with E-state index in [9.17, 15) is 0 Å². The maximum atomic E-state index is 5.74. The van der Waals surface area contributed by atoms with E-state index < -0.39 is 0 Å². The fourth-order valence-corrected chi connectivity index (χ4v) is 2.72. The van der Waals surface area contributed by atoms with Gasteiger partial charge in [-0.2, -0.15) is 0 Å². The van der Waals surface area contributed by atoms with Gasteiger partial charge in [0.25, 0.3) is 0 Å². The summed E-state index contributed by atoms with van der Waals surface area (Å²) < 4.78 is 1.21. The molecule has 0 unspecified atom stereocenters. The Bertz CT molecular complexity index is 359. The number of rotatable bonds is 2. The molecule has 0 atom stereocenters. The molecule has 2 rings (SSSR count). The van der Waals surface area contributed by atoms with Gasteiger partial charge < -0.3 is 16.0 Å². The molecule has 88 valence electrons. The third-order valence-electron chi connectivity index (χ3n) is 3.07. The lowest BCUT2D eigenvalue weighted by Crippen LogP contribution is -2.36. The van der Waals surface area contributed by atoms with Gasteiger partial charge in [0.2, 0.25) is 0 Å². The lowest BCUT2D eigenvalue weighted by Gasteiger charge is -2.30. The molecule has 0 spiro atoms. The van der Waals surface area contributed by atoms with Crippen molar-refractivity contribution in [1.82, 2.24) is 4.90 Å². The Labute approximate surface area is 111 Å². The van der Waals surface area contributed by atoms with E-state index in [-0.39, 0.29) is 0 Å². The summed E-state index contributed by atoms with van der Waals surface area (Å²) in [5.74, 6) is 0. The molecule has 0 aromatic heterocycles. The van der Waals surface area contributed by atoms with E-state index in [0.29, 0.717) is 6.04 Å². The predicted octanol–water partition coefficient (Wildman–Crippen LogP) is 2.38. The predicted molar refractivity (Wildman–Crippen MR) is 77.7 cm³/mol. The zero-order valence-electron chi connectivity index (χ0n) is 9.54. The number of nitrogens with one attached hydrogen (secondary N) is 1. The highest BCUT2D eigenvalue weighted by molar-refractivity contribution is 14.1. The normalized spacial score (nSPS) is 18.6. The van der Waals surface area contributed by atoms with Crippen LogP contribution < -0.4 is 11.1 Å². The van der Waals surface area contributed by atoms with Gasteiger partial charge in [0.05, 0.1) is 0 Å². The summed E-state index contributed by atoms with van der Waals surface area (Å²) in [5, 5.41) is 3.61. The molecule has 1 fully saturated rings. The second-order valence-corrected chi connectivity index (χ2v) is 5.62. The Kier molecular flexibility index (Phi) is 3.91. The van der Waals surface area contributed by atoms with Crippen molar-refractivity contribution in [2.75, 3.05) is 31.2 Å². The highest BCUT2D eigenvalue weighted by Gasteiger charge is 2.16. The molecule has 1 heterocycles. The molecule has 4 heteroatoms. The first-order valence-electron chi connectivity index (χ1n) is 5.65. The molecular weight excluding hydrogens is 313 g/mol. The van der Waals surface area contributed by atoms with Crippen LogP contribution in [0.25, 0.3) is 0 Å². The number of hydrogen-bond acceptors (Lipinski definition) is 3. The third kappa shape index (κ3) is 3.01. The summed E-state index contributed by atoms with van der Waals surface area (Å²) in [4.78, 5) is 2.38. The molecule has 3 nitrogen and oxygen atoms in total. The molecule has 0 aliphatic carbocycles. The van der Waals surface area contributed by atoms with Crippen LogP contribution in [0.5, 0.6) is 0 Å². The molecule has 1 aliphatic heterocycles. The number of benzene rings is 1. The first-order valence-corrected chi connectivity index (χ1v) is 6.73. The molecular formula is C12H18IN3. The molecule has 1 aromatic carbocycles. The summed E-state index contributed by atoms with van der Waals surface area (Å²) in [6.45, 7) is 2.37. The molecule has 0 amide bonds. The largest absolute Gasteiger partial charge is 0.399 e. The molecule has 0 saturated carbocycles. The molecule has 1 aliphatic rings. The minimum absolute atomic E-state index is 0.605. The molecule has 0 radical (unpaired) electrons. The maximum Gasteiger partial charge on any atom is 0.0479 e. The van der Waals surface area contributed by atoms with Gasteiger partial charge in [0.1, 0.15) is 0 Å². The molecule has 1 saturated heterocycles. The average molecular weight is 331 g/mol. The van der Waals surface area contributed by atoms with Gasteiger partial charge in [0.15, 0.2) is 0 Å². The Hall–Kier alpha value is -0.490. The van der Waals surface area contributed by atoms with Gasteiger partial charge in [-0.1, -0.05) is 0 Å². The minimum Gasteiger partial charge on any atom is -0.399 e. The van der Waals surface area contributed by atoms with Crippen molar-refractivity contribution in [3.63, 3.8) is 0 Å². The zero-order valence-corrected chi connectivity index (χ0v) is 11.7. The van der Waals surface area contributed by atoms with Crippen molar-refractivity contribution in [1.29, 1.82) is 0 Å². The standard InChI is InChI=1S/C12H18IN3/c1-16-6-4-10(5-7-16)15-12-3-2-9(14)8-11(12)13/h2-3,8,10,15H,4-7,14H2,1H3. The fraction of sp³-hybridized carbons (Fsp3) is 0.500. The lowest BCUT2D eigenvalue weighted by atomic mass is 10.1. The van der Waals surface area contributed by atoms with Crippen molar-refractivity contribution >= 4 is 34.0 Å². The fourth-order valence-electron chi connectivity index (χ4n) is 2.02. The number of nitrogens with zero attached hydrogens (tertiary/aromatic N) is 1. The maximum absolute atomic E-state index is 5.74. The summed E-state index contributed by atoms with van der Waals surface area (Å²) in [6, 6.07) is 6.65. The van der Waals surface area contributed by atoms with Crippen LogP contribution in [0.1, 0.15) is 12.8 Å². The van der Waals surface area contributed by atoms with Crippen LogP contribution in [0.4, 0.5) is 11.4 Å². The van der Waals surface area contributed by atoms with Gasteiger partial charge in [-0.25, -0.2) is 0 Å². The molecule has 16 heavy (non-hydrogen) atoms. The van der Waals surface area contributed by atoms with Gasteiger partial charge >= 0.3 is 0 Å². The average Bonchev–Trinajstić information content (AvgIpc) is 2.25. The lowest BCUT2D eigenvalue weighted by molar-refractivity contribution is 0.264. The van der Waals surface area contributed by atoms with Gasteiger partial charge in [-0.3, -0.25) is 0 Å². The van der Waals surface area contributed by atoms with E-state index in [0.717, 1.165) is 5.69 Å². The smallest absolute Gasteiger partial charge is 0.0479 e. The van der Waals surface area contributed by atoms with Crippen LogP contribution in [-0.4, -0.2) is 31.1 Å². The first-order chi connectivity index (χ1) is 7.65. The van der Waals surface area contributed by atoms with Gasteiger partial charge in [-0.05, 0) is 73.8 Å². The second kappa shape index (κ2) is 5.23. The number of nitrogen functional groups attached to an aromatic ring is 1. The molecule has 0 bridgehead atoms. The quantitative estimate of drug-likeness (QED) is 0.646. The Morgan fingerprint density at radius 2 is 2.06 bits per heavy atom. The Balaban J connectivity index is 1.98. The monoisotopic (exact) mass is 331 g/mol. The van der Waals surface area contributed by atoms with Crippen molar-refractivity contribution in [2.24, 2.45) is 0 Å². The van der Waals surface area contributed by atoms with Crippen LogP contribution in [0, 0.1) is 3.57 Å². The zero-order chi connectivity index (χ0) is 11.5. The number of likely N-dealkylation sites (tertiary alicyclic amines) is 1. The number of halogens is 1. The van der Waals surface area contributed by atoms with E-state index in [1.807, 2.05) is 12.1 Å². The van der Waals surface area contributed by atoms with Crippen LogP contribution in [-0.2, 0) is 0 Å².